The van der Waals surface area contributed by atoms with Crippen LogP contribution >= 0.6 is 15.9 Å². The van der Waals surface area contributed by atoms with Crippen LogP contribution in [0.2, 0.25) is 0 Å². The van der Waals surface area contributed by atoms with E-state index in [2.05, 4.69) is 106 Å². The van der Waals surface area contributed by atoms with Crippen LogP contribution in [0, 0.1) is 5.92 Å². The lowest BCUT2D eigenvalue weighted by Gasteiger charge is -2.38. The number of benzene rings is 3. The molecule has 5 rings (SSSR count). The smallest absolute Gasteiger partial charge is 0.0554 e. The minimum atomic E-state index is 0.350. The molecule has 0 saturated carbocycles. The highest BCUT2D eigenvalue weighted by molar-refractivity contribution is 9.10. The zero-order valence-corrected chi connectivity index (χ0v) is 16.0. The maximum absolute atomic E-state index is 3.83. The summed E-state index contributed by atoms with van der Waals surface area (Å²) in [5, 5.41) is 3.83. The average molecular weight is 402 g/mol. The molecule has 3 aromatic carbocycles. The normalized spacial score (nSPS) is 23.2. The number of fused-ring (bicyclic) bond motifs is 3. The van der Waals surface area contributed by atoms with E-state index in [1.807, 2.05) is 0 Å². The molecule has 0 fully saturated rings. The number of rotatable bonds is 2. The molecular formula is C24H20BrN. The summed E-state index contributed by atoms with van der Waals surface area (Å²) in [6.07, 6.45) is 5.89. The van der Waals surface area contributed by atoms with Crippen molar-refractivity contribution in [3.63, 3.8) is 0 Å². The Morgan fingerprint density at radius 1 is 0.846 bits per heavy atom. The standard InChI is InChI=1S/C24H20BrN/c25-19-9-4-8-18(14-19)24-21-11-5-10-20(21)22-15-17(12-13-23(22)26-24)16-6-2-1-3-7-16/h1-10,12-15,20-21,24,26H,11H2/t20-,21-,24-/m0/s1. The third kappa shape index (κ3) is 2.69. The van der Waals surface area contributed by atoms with Gasteiger partial charge < -0.3 is 5.32 Å². The lowest BCUT2D eigenvalue weighted by molar-refractivity contribution is 0.425. The Balaban J connectivity index is 1.57. The van der Waals surface area contributed by atoms with Gasteiger partial charge >= 0.3 is 0 Å². The maximum atomic E-state index is 3.83. The van der Waals surface area contributed by atoms with E-state index in [-0.39, 0.29) is 0 Å². The fourth-order valence-corrected chi connectivity index (χ4v) is 4.85. The van der Waals surface area contributed by atoms with Gasteiger partial charge in [-0.05, 0) is 58.9 Å². The largest absolute Gasteiger partial charge is 0.378 e. The molecular weight excluding hydrogens is 382 g/mol. The second kappa shape index (κ2) is 6.44. The summed E-state index contributed by atoms with van der Waals surface area (Å²) >= 11 is 3.63. The number of halogens is 1. The molecule has 1 N–H and O–H groups in total. The van der Waals surface area contributed by atoms with Gasteiger partial charge in [-0.25, -0.2) is 0 Å². The highest BCUT2D eigenvalue weighted by Gasteiger charge is 2.37. The first-order chi connectivity index (χ1) is 12.8. The van der Waals surface area contributed by atoms with Gasteiger partial charge in [-0.2, -0.15) is 0 Å². The first-order valence-electron chi connectivity index (χ1n) is 9.17. The topological polar surface area (TPSA) is 12.0 Å². The van der Waals surface area contributed by atoms with Crippen molar-refractivity contribution in [2.45, 2.75) is 18.4 Å². The quantitative estimate of drug-likeness (QED) is 0.458. The van der Waals surface area contributed by atoms with E-state index in [4.69, 9.17) is 0 Å². The van der Waals surface area contributed by atoms with Gasteiger partial charge in [-0.1, -0.05) is 76.6 Å². The molecule has 0 radical (unpaired) electrons. The Labute approximate surface area is 162 Å². The summed E-state index contributed by atoms with van der Waals surface area (Å²) in [5.41, 5.74) is 6.63. The molecule has 26 heavy (non-hydrogen) atoms. The highest BCUT2D eigenvalue weighted by Crippen LogP contribution is 2.50. The van der Waals surface area contributed by atoms with Gasteiger partial charge in [-0.15, -0.1) is 0 Å². The Hall–Kier alpha value is -2.32. The van der Waals surface area contributed by atoms with Crippen LogP contribution in [0.25, 0.3) is 11.1 Å². The van der Waals surface area contributed by atoms with E-state index >= 15 is 0 Å². The molecule has 0 saturated heterocycles. The molecule has 2 aliphatic rings. The van der Waals surface area contributed by atoms with E-state index < -0.39 is 0 Å². The van der Waals surface area contributed by atoms with Crippen LogP contribution in [0.15, 0.2) is 89.4 Å². The van der Waals surface area contributed by atoms with E-state index in [1.54, 1.807) is 0 Å². The molecule has 0 spiro atoms. The van der Waals surface area contributed by atoms with E-state index in [0.29, 0.717) is 17.9 Å². The van der Waals surface area contributed by atoms with Crippen LogP contribution in [-0.2, 0) is 0 Å². The van der Waals surface area contributed by atoms with E-state index in [0.717, 1.165) is 10.9 Å². The summed E-state index contributed by atoms with van der Waals surface area (Å²) in [7, 11) is 0. The van der Waals surface area contributed by atoms with Crippen LogP contribution < -0.4 is 5.32 Å². The molecule has 0 aromatic heterocycles. The van der Waals surface area contributed by atoms with Crippen molar-refractivity contribution >= 4 is 21.6 Å². The number of hydrogen-bond acceptors (Lipinski definition) is 1. The molecule has 0 bridgehead atoms. The molecule has 1 aliphatic carbocycles. The Morgan fingerprint density at radius 3 is 2.58 bits per heavy atom. The molecule has 3 aromatic rings. The number of hydrogen-bond donors (Lipinski definition) is 1. The zero-order valence-electron chi connectivity index (χ0n) is 14.4. The van der Waals surface area contributed by atoms with Crippen LogP contribution in [0.1, 0.15) is 29.5 Å². The second-order valence-electron chi connectivity index (χ2n) is 7.20. The molecule has 0 amide bonds. The fourth-order valence-electron chi connectivity index (χ4n) is 4.43. The predicted octanol–water partition coefficient (Wildman–Crippen LogP) is 6.94. The molecule has 1 aliphatic heterocycles. The van der Waals surface area contributed by atoms with Crippen molar-refractivity contribution in [1.82, 2.24) is 0 Å². The van der Waals surface area contributed by atoms with Gasteiger partial charge in [0.15, 0.2) is 0 Å². The molecule has 128 valence electrons. The van der Waals surface area contributed by atoms with Gasteiger partial charge in [0.05, 0.1) is 6.04 Å². The van der Waals surface area contributed by atoms with Crippen molar-refractivity contribution in [3.8, 4) is 11.1 Å². The van der Waals surface area contributed by atoms with Crippen molar-refractivity contribution in [2.75, 3.05) is 5.32 Å². The summed E-state index contributed by atoms with van der Waals surface area (Å²) < 4.78 is 1.14. The van der Waals surface area contributed by atoms with Crippen LogP contribution in [0.4, 0.5) is 5.69 Å². The van der Waals surface area contributed by atoms with E-state index in [9.17, 15) is 0 Å². The summed E-state index contributed by atoms with van der Waals surface area (Å²) in [6, 6.07) is 26.6. The lowest BCUT2D eigenvalue weighted by atomic mass is 9.76. The molecule has 3 atom stereocenters. The minimum absolute atomic E-state index is 0.350. The monoisotopic (exact) mass is 401 g/mol. The van der Waals surface area contributed by atoms with Gasteiger partial charge in [0.2, 0.25) is 0 Å². The van der Waals surface area contributed by atoms with Crippen molar-refractivity contribution in [3.05, 3.63) is 101 Å². The molecule has 1 nitrogen and oxygen atoms in total. The molecule has 2 heteroatoms. The van der Waals surface area contributed by atoms with Gasteiger partial charge in [-0.3, -0.25) is 0 Å². The SMILES string of the molecule is Brc1cccc([C@@H]2Nc3ccc(-c4ccccc4)cc3[C@H]3C=CC[C@@H]32)c1. The summed E-state index contributed by atoms with van der Waals surface area (Å²) in [4.78, 5) is 0. The Kier molecular flexibility index (Phi) is 3.94. The maximum Gasteiger partial charge on any atom is 0.0554 e. The first kappa shape index (κ1) is 15.9. The highest BCUT2D eigenvalue weighted by atomic mass is 79.9. The van der Waals surface area contributed by atoms with Crippen molar-refractivity contribution in [2.24, 2.45) is 5.92 Å². The summed E-state index contributed by atoms with van der Waals surface area (Å²) in [5.74, 6) is 1.06. The zero-order chi connectivity index (χ0) is 17.5. The van der Waals surface area contributed by atoms with Crippen LogP contribution in [-0.4, -0.2) is 0 Å². The van der Waals surface area contributed by atoms with Crippen molar-refractivity contribution in [1.29, 1.82) is 0 Å². The third-order valence-electron chi connectivity index (χ3n) is 5.68. The van der Waals surface area contributed by atoms with Gasteiger partial charge in [0.25, 0.3) is 0 Å². The first-order valence-corrected chi connectivity index (χ1v) is 9.97. The fraction of sp³-hybridized carbons (Fsp3) is 0.167. The Morgan fingerprint density at radius 2 is 1.73 bits per heavy atom. The van der Waals surface area contributed by atoms with E-state index in [1.165, 1.54) is 27.9 Å². The van der Waals surface area contributed by atoms with Crippen LogP contribution in [0.3, 0.4) is 0 Å². The second-order valence-corrected chi connectivity index (χ2v) is 8.11. The predicted molar refractivity (Wildman–Crippen MR) is 112 cm³/mol. The summed E-state index contributed by atoms with van der Waals surface area (Å²) in [6.45, 7) is 0. The number of nitrogens with one attached hydrogen (secondary N) is 1. The number of anilines is 1. The number of allylic oxidation sites excluding steroid dienone is 2. The molecule has 1 heterocycles. The van der Waals surface area contributed by atoms with Gasteiger partial charge in [0.1, 0.15) is 0 Å². The lowest BCUT2D eigenvalue weighted by Crippen LogP contribution is -2.29. The minimum Gasteiger partial charge on any atom is -0.378 e. The average Bonchev–Trinajstić information content (AvgIpc) is 3.18. The Bertz CT molecular complexity index is 977. The molecule has 0 unspecified atom stereocenters. The van der Waals surface area contributed by atoms with Crippen molar-refractivity contribution < 1.29 is 0 Å². The van der Waals surface area contributed by atoms with Crippen LogP contribution in [0.5, 0.6) is 0 Å². The van der Waals surface area contributed by atoms with Gasteiger partial charge in [0, 0.05) is 16.1 Å². The third-order valence-corrected chi connectivity index (χ3v) is 6.17.